The summed E-state index contributed by atoms with van der Waals surface area (Å²) < 4.78 is 5.86. The first-order valence-electron chi connectivity index (χ1n) is 20.5. The number of para-hydroxylation sites is 1. The number of hydrogen-bond donors (Lipinski definition) is 8. The molecule has 15 nitrogen and oxygen atoms in total. The van der Waals surface area contributed by atoms with E-state index < -0.39 is 90.8 Å². The van der Waals surface area contributed by atoms with Crippen molar-refractivity contribution in [3.05, 3.63) is 71.9 Å². The second-order valence-corrected chi connectivity index (χ2v) is 15.3. The molecule has 3 aromatic rings. The Balaban J connectivity index is 1.68. The Labute approximate surface area is 339 Å². The number of primary amides is 1. The summed E-state index contributed by atoms with van der Waals surface area (Å²) in [7, 11) is 0. The first kappa shape index (κ1) is 45.4. The number of amides is 5. The molecule has 1 fully saturated rings. The maximum atomic E-state index is 14.1. The number of hydrogen-bond acceptors (Lipinski definition) is 9. The molecular formula is C43H60N6O9. The number of cyclic esters (lactones) is 1. The van der Waals surface area contributed by atoms with Gasteiger partial charge in [0.15, 0.2) is 6.10 Å². The van der Waals surface area contributed by atoms with Gasteiger partial charge in [0, 0.05) is 29.9 Å². The molecule has 7 atom stereocenters. The minimum Gasteiger partial charge on any atom is -0.459 e. The second kappa shape index (κ2) is 23.2. The van der Waals surface area contributed by atoms with Gasteiger partial charge in [0.25, 0.3) is 5.91 Å². The summed E-state index contributed by atoms with van der Waals surface area (Å²) in [4.78, 5) is 84.2. The zero-order chi connectivity index (χ0) is 42.0. The quantitative estimate of drug-likeness (QED) is 0.0738. The number of aromatic nitrogens is 1. The van der Waals surface area contributed by atoms with Crippen LogP contribution in [-0.4, -0.2) is 87.6 Å². The van der Waals surface area contributed by atoms with Crippen LogP contribution in [0.3, 0.4) is 0 Å². The summed E-state index contributed by atoms with van der Waals surface area (Å²) in [6, 6.07) is 10.6. The maximum Gasteiger partial charge on any atom is 0.308 e. The van der Waals surface area contributed by atoms with Gasteiger partial charge in [-0.3, -0.25) is 28.8 Å². The predicted octanol–water partition coefficient (Wildman–Crippen LogP) is 3.12. The van der Waals surface area contributed by atoms with Crippen molar-refractivity contribution in [3.8, 4) is 0 Å². The zero-order valence-corrected chi connectivity index (χ0v) is 33.5. The lowest BCUT2D eigenvalue weighted by molar-refractivity contribution is -0.164. The van der Waals surface area contributed by atoms with Gasteiger partial charge < -0.3 is 46.9 Å². The number of aliphatic hydroxyl groups excluding tert-OH is 2. The number of esters is 1. The lowest BCUT2D eigenvalue weighted by Crippen LogP contribution is -2.59. The number of nitrogens with two attached hydrogens (primary N) is 1. The van der Waals surface area contributed by atoms with Crippen LogP contribution >= 0.6 is 0 Å². The molecule has 1 aliphatic heterocycles. The van der Waals surface area contributed by atoms with E-state index in [2.05, 4.69) is 33.2 Å². The number of nitrogens with one attached hydrogen (secondary N) is 5. The van der Waals surface area contributed by atoms with E-state index in [1.54, 1.807) is 43.5 Å². The third kappa shape index (κ3) is 13.7. The van der Waals surface area contributed by atoms with Crippen LogP contribution in [0.25, 0.3) is 10.9 Å². The van der Waals surface area contributed by atoms with Gasteiger partial charge in [-0.05, 0) is 36.0 Å². The van der Waals surface area contributed by atoms with Gasteiger partial charge in [0.05, 0.1) is 19.1 Å². The Morgan fingerprint density at radius 3 is 2.09 bits per heavy atom. The van der Waals surface area contributed by atoms with Crippen molar-refractivity contribution in [1.82, 2.24) is 26.3 Å². The van der Waals surface area contributed by atoms with Crippen LogP contribution in [0.15, 0.2) is 60.8 Å². The van der Waals surface area contributed by atoms with Crippen LogP contribution in [0.2, 0.25) is 0 Å². The average Bonchev–Trinajstić information content (AvgIpc) is 3.62. The van der Waals surface area contributed by atoms with E-state index in [4.69, 9.17) is 10.5 Å². The number of unbranched alkanes of at least 4 members (excludes halogenated alkanes) is 7. The van der Waals surface area contributed by atoms with Crippen molar-refractivity contribution in [2.75, 3.05) is 6.61 Å². The minimum absolute atomic E-state index is 0.0756. The van der Waals surface area contributed by atoms with E-state index in [1.807, 2.05) is 24.3 Å². The van der Waals surface area contributed by atoms with Crippen LogP contribution in [0.1, 0.15) is 108 Å². The molecule has 0 spiro atoms. The topological polar surface area (TPSA) is 242 Å². The molecule has 1 aliphatic rings. The molecule has 2 heterocycles. The fourth-order valence-corrected chi connectivity index (χ4v) is 7.26. The van der Waals surface area contributed by atoms with Gasteiger partial charge in [-0.1, -0.05) is 114 Å². The third-order valence-electron chi connectivity index (χ3n) is 10.7. The highest BCUT2D eigenvalue weighted by molar-refractivity contribution is 5.96. The SMILES string of the molecule is CCCCCCCCCCC(C)C1OC(=O)CC(c2ccccc2)NC(=O)C(CCC(N)=O)NC(=O)C(Cc2c[nH]c3ccccc23)NC(=O)C(CO)NC(=O)C1O. The Morgan fingerprint density at radius 1 is 0.793 bits per heavy atom. The highest BCUT2D eigenvalue weighted by Crippen LogP contribution is 2.25. The highest BCUT2D eigenvalue weighted by atomic mass is 16.6. The summed E-state index contributed by atoms with van der Waals surface area (Å²) in [5, 5.41) is 33.0. The van der Waals surface area contributed by atoms with Crippen molar-refractivity contribution in [3.63, 3.8) is 0 Å². The molecule has 0 bridgehead atoms. The Morgan fingerprint density at radius 2 is 1.40 bits per heavy atom. The number of H-pyrrole nitrogens is 1. The van der Waals surface area contributed by atoms with Crippen LogP contribution in [0.4, 0.5) is 0 Å². The van der Waals surface area contributed by atoms with Crippen molar-refractivity contribution >= 4 is 46.4 Å². The summed E-state index contributed by atoms with van der Waals surface area (Å²) in [6.07, 6.45) is 6.46. The van der Waals surface area contributed by atoms with Crippen molar-refractivity contribution in [2.24, 2.45) is 11.7 Å². The van der Waals surface area contributed by atoms with Gasteiger partial charge in [-0.25, -0.2) is 0 Å². The largest absolute Gasteiger partial charge is 0.459 e. The highest BCUT2D eigenvalue weighted by Gasteiger charge is 2.38. The molecule has 316 valence electrons. The molecule has 1 aromatic heterocycles. The molecular weight excluding hydrogens is 745 g/mol. The van der Waals surface area contributed by atoms with Crippen LogP contribution in [-0.2, 0) is 39.9 Å². The van der Waals surface area contributed by atoms with Crippen LogP contribution in [0, 0.1) is 5.92 Å². The van der Waals surface area contributed by atoms with Crippen molar-refractivity contribution in [2.45, 2.75) is 134 Å². The zero-order valence-electron chi connectivity index (χ0n) is 33.5. The molecule has 0 aliphatic carbocycles. The van der Waals surface area contributed by atoms with Crippen LogP contribution < -0.4 is 27.0 Å². The monoisotopic (exact) mass is 804 g/mol. The maximum absolute atomic E-state index is 14.1. The molecule has 9 N–H and O–H groups in total. The van der Waals surface area contributed by atoms with E-state index in [-0.39, 0.29) is 19.3 Å². The number of ether oxygens (including phenoxy) is 1. The van der Waals surface area contributed by atoms with Gasteiger partial charge in [0.1, 0.15) is 24.2 Å². The summed E-state index contributed by atoms with van der Waals surface area (Å²) in [5.41, 5.74) is 7.40. The fraction of sp³-hybridized carbons (Fsp3) is 0.535. The summed E-state index contributed by atoms with van der Waals surface area (Å²) >= 11 is 0. The number of aromatic amines is 1. The standard InChI is InChI=1S/C43H60N6O9/c1-3-4-5-6-7-8-9-11-16-27(2)39-38(53)43(57)49-35(26-50)42(56)48-34(23-29-25-45-31-20-15-14-19-30(29)31)41(55)46-32(21-22-36(44)51)40(54)47-33(24-37(52)58-39)28-17-12-10-13-18-28/h10,12-15,17-20,25,27,32-35,38-39,45,50,53H,3-9,11,16,21-24,26H2,1-2H3,(H2,44,51)(H,46,55)(H,47,54)(H,48,56)(H,49,57). The molecule has 58 heavy (non-hydrogen) atoms. The number of benzene rings is 2. The van der Waals surface area contributed by atoms with E-state index >= 15 is 0 Å². The smallest absolute Gasteiger partial charge is 0.308 e. The number of rotatable bonds is 17. The van der Waals surface area contributed by atoms with E-state index in [0.717, 1.165) is 49.4 Å². The molecule has 7 unspecified atom stereocenters. The summed E-state index contributed by atoms with van der Waals surface area (Å²) in [6.45, 7) is 3.04. The van der Waals surface area contributed by atoms with E-state index in [0.29, 0.717) is 17.5 Å². The number of carbonyl (C=O) groups excluding carboxylic acids is 6. The number of aliphatic hydroxyl groups is 2. The van der Waals surface area contributed by atoms with E-state index in [1.165, 1.54) is 12.8 Å². The first-order valence-corrected chi connectivity index (χ1v) is 20.5. The second-order valence-electron chi connectivity index (χ2n) is 15.3. The first-order chi connectivity index (χ1) is 27.9. The number of carbonyl (C=O) groups is 6. The van der Waals surface area contributed by atoms with Gasteiger partial charge in [0.2, 0.25) is 23.6 Å². The average molecular weight is 805 g/mol. The van der Waals surface area contributed by atoms with Gasteiger partial charge in [-0.15, -0.1) is 0 Å². The molecule has 4 rings (SSSR count). The lowest BCUT2D eigenvalue weighted by atomic mass is 9.92. The van der Waals surface area contributed by atoms with Gasteiger partial charge in [-0.2, -0.15) is 0 Å². The Kier molecular flexibility index (Phi) is 18.2. The molecule has 15 heteroatoms. The predicted molar refractivity (Wildman–Crippen MR) is 218 cm³/mol. The number of fused-ring (bicyclic) bond motifs is 1. The molecule has 2 aromatic carbocycles. The lowest BCUT2D eigenvalue weighted by Gasteiger charge is -2.30. The Hall–Kier alpha value is -5.28. The molecule has 1 saturated heterocycles. The molecule has 0 radical (unpaired) electrons. The normalized spacial score (nSPS) is 23.2. The van der Waals surface area contributed by atoms with Gasteiger partial charge >= 0.3 is 5.97 Å². The van der Waals surface area contributed by atoms with E-state index in [9.17, 15) is 39.0 Å². The van der Waals surface area contributed by atoms with Crippen molar-refractivity contribution < 1.29 is 43.7 Å². The van der Waals surface area contributed by atoms with Crippen molar-refractivity contribution in [1.29, 1.82) is 0 Å². The summed E-state index contributed by atoms with van der Waals surface area (Å²) in [5.74, 6) is -5.59. The third-order valence-corrected chi connectivity index (χ3v) is 10.7. The fourth-order valence-electron chi connectivity index (χ4n) is 7.26. The molecule has 0 saturated carbocycles. The Bertz CT molecular complexity index is 1820. The molecule has 5 amide bonds. The van der Waals surface area contributed by atoms with Crippen LogP contribution in [0.5, 0.6) is 0 Å². The minimum atomic E-state index is -1.93.